The Morgan fingerprint density at radius 2 is 1.93 bits per heavy atom. The number of aromatic amines is 1. The van der Waals surface area contributed by atoms with Crippen LogP contribution >= 0.6 is 0 Å². The smallest absolute Gasteiger partial charge is 0.108 e. The minimum Gasteiger partial charge on any atom is -0.342 e. The largest absolute Gasteiger partial charge is 0.342 e. The van der Waals surface area contributed by atoms with Crippen molar-refractivity contribution in [3.05, 3.63) is 29.6 Å². The van der Waals surface area contributed by atoms with Gasteiger partial charge in [0.05, 0.1) is 11.0 Å². The van der Waals surface area contributed by atoms with Crippen molar-refractivity contribution in [2.45, 2.75) is 12.8 Å². The highest BCUT2D eigenvalue weighted by Crippen LogP contribution is 2.14. The Kier molecular flexibility index (Phi) is 2.99. The lowest BCUT2D eigenvalue weighted by Crippen LogP contribution is -2.03. The van der Waals surface area contributed by atoms with Crippen molar-refractivity contribution < 1.29 is 0 Å². The molecule has 80 valence electrons. The number of nitrogens with one attached hydrogen (secondary N) is 1. The minimum atomic E-state index is 0.621. The first-order valence-electron chi connectivity index (χ1n) is 5.21. The summed E-state index contributed by atoms with van der Waals surface area (Å²) < 4.78 is 0. The molecule has 15 heavy (non-hydrogen) atoms. The third-order valence-electron chi connectivity index (χ3n) is 2.41. The molecule has 4 heteroatoms. The summed E-state index contributed by atoms with van der Waals surface area (Å²) in [6.07, 6.45) is 1.70. The first kappa shape index (κ1) is 10.1. The number of fused-ring (bicyclic) bond motifs is 1. The molecule has 0 spiro atoms. The zero-order chi connectivity index (χ0) is 10.7. The van der Waals surface area contributed by atoms with Crippen LogP contribution in [0.5, 0.6) is 0 Å². The van der Waals surface area contributed by atoms with E-state index in [1.807, 2.05) is 6.07 Å². The highest BCUT2D eigenvalue weighted by atomic mass is 14.9. The molecule has 2 rings (SSSR count). The quantitative estimate of drug-likeness (QED) is 0.681. The topological polar surface area (TPSA) is 80.7 Å². The van der Waals surface area contributed by atoms with Gasteiger partial charge in [0.1, 0.15) is 5.82 Å². The number of imidazole rings is 1. The van der Waals surface area contributed by atoms with Gasteiger partial charge in [0, 0.05) is 6.42 Å². The normalized spacial score (nSPS) is 11.1. The summed E-state index contributed by atoms with van der Waals surface area (Å²) in [6.45, 7) is 1.30. The van der Waals surface area contributed by atoms with E-state index in [1.54, 1.807) is 0 Å². The number of rotatable bonds is 4. The monoisotopic (exact) mass is 204 g/mol. The van der Waals surface area contributed by atoms with E-state index >= 15 is 0 Å². The number of aromatic nitrogens is 2. The van der Waals surface area contributed by atoms with Crippen molar-refractivity contribution in [3.8, 4) is 0 Å². The highest BCUT2D eigenvalue weighted by molar-refractivity contribution is 5.75. The third kappa shape index (κ3) is 2.16. The van der Waals surface area contributed by atoms with E-state index < -0.39 is 0 Å². The van der Waals surface area contributed by atoms with Gasteiger partial charge in [-0.15, -0.1) is 0 Å². The van der Waals surface area contributed by atoms with E-state index in [1.165, 1.54) is 5.56 Å². The molecule has 0 radical (unpaired) electrons. The second-order valence-corrected chi connectivity index (χ2v) is 3.61. The summed E-state index contributed by atoms with van der Waals surface area (Å²) in [5, 5.41) is 0. The maximum atomic E-state index is 5.52. The number of H-pyrrole nitrogens is 1. The minimum absolute atomic E-state index is 0.621. The molecule has 0 aliphatic rings. The predicted molar refractivity (Wildman–Crippen MR) is 61.6 cm³/mol. The fraction of sp³-hybridized carbons (Fsp3) is 0.364. The van der Waals surface area contributed by atoms with E-state index in [9.17, 15) is 0 Å². The molecular formula is C11H16N4. The Morgan fingerprint density at radius 1 is 1.13 bits per heavy atom. The second-order valence-electron chi connectivity index (χ2n) is 3.61. The van der Waals surface area contributed by atoms with E-state index in [0.29, 0.717) is 13.1 Å². The van der Waals surface area contributed by atoms with Gasteiger partial charge in [-0.25, -0.2) is 4.98 Å². The van der Waals surface area contributed by atoms with Crippen LogP contribution in [0.4, 0.5) is 0 Å². The molecule has 0 aliphatic heterocycles. The van der Waals surface area contributed by atoms with Crippen molar-refractivity contribution in [2.75, 3.05) is 13.1 Å². The highest BCUT2D eigenvalue weighted by Gasteiger charge is 2.02. The average molecular weight is 204 g/mol. The second kappa shape index (κ2) is 4.42. The van der Waals surface area contributed by atoms with E-state index in [-0.39, 0.29) is 0 Å². The molecule has 1 aromatic carbocycles. The molecule has 1 aromatic heterocycles. The van der Waals surface area contributed by atoms with Crippen LogP contribution in [0.25, 0.3) is 11.0 Å². The summed E-state index contributed by atoms with van der Waals surface area (Å²) in [5.41, 5.74) is 14.3. The summed E-state index contributed by atoms with van der Waals surface area (Å²) in [6, 6.07) is 6.20. The van der Waals surface area contributed by atoms with Gasteiger partial charge < -0.3 is 16.5 Å². The fourth-order valence-corrected chi connectivity index (χ4v) is 1.69. The Labute approximate surface area is 88.7 Å². The van der Waals surface area contributed by atoms with Crippen molar-refractivity contribution in [3.63, 3.8) is 0 Å². The Hall–Kier alpha value is -1.39. The number of nitrogens with two attached hydrogens (primary N) is 2. The van der Waals surface area contributed by atoms with Crippen LogP contribution < -0.4 is 11.5 Å². The molecule has 0 aliphatic carbocycles. The van der Waals surface area contributed by atoms with E-state index in [0.717, 1.165) is 29.7 Å². The van der Waals surface area contributed by atoms with Gasteiger partial charge in [-0.2, -0.15) is 0 Å². The van der Waals surface area contributed by atoms with Gasteiger partial charge in [0.15, 0.2) is 0 Å². The van der Waals surface area contributed by atoms with Gasteiger partial charge in [-0.1, -0.05) is 6.07 Å². The van der Waals surface area contributed by atoms with Crippen molar-refractivity contribution >= 4 is 11.0 Å². The molecule has 0 amide bonds. The zero-order valence-electron chi connectivity index (χ0n) is 8.66. The van der Waals surface area contributed by atoms with Crippen molar-refractivity contribution in [2.24, 2.45) is 11.5 Å². The van der Waals surface area contributed by atoms with Crippen LogP contribution in [0.3, 0.4) is 0 Å². The summed E-state index contributed by atoms with van der Waals surface area (Å²) >= 11 is 0. The summed E-state index contributed by atoms with van der Waals surface area (Å²) in [5.74, 6) is 0.956. The van der Waals surface area contributed by atoms with Crippen LogP contribution in [0.2, 0.25) is 0 Å². The third-order valence-corrected chi connectivity index (χ3v) is 2.41. The zero-order valence-corrected chi connectivity index (χ0v) is 8.66. The Morgan fingerprint density at radius 3 is 2.67 bits per heavy atom. The molecule has 0 bridgehead atoms. The van der Waals surface area contributed by atoms with Crippen LogP contribution in [0.1, 0.15) is 11.4 Å². The molecule has 0 saturated heterocycles. The molecule has 5 N–H and O–H groups in total. The van der Waals surface area contributed by atoms with Gasteiger partial charge in [-0.05, 0) is 37.2 Å². The van der Waals surface area contributed by atoms with Crippen LogP contribution in [0.15, 0.2) is 18.2 Å². The molecule has 4 nitrogen and oxygen atoms in total. The maximum Gasteiger partial charge on any atom is 0.108 e. The van der Waals surface area contributed by atoms with Crippen LogP contribution in [-0.2, 0) is 12.8 Å². The summed E-state index contributed by atoms with van der Waals surface area (Å²) in [7, 11) is 0. The first-order valence-corrected chi connectivity index (χ1v) is 5.21. The van der Waals surface area contributed by atoms with Crippen LogP contribution in [0, 0.1) is 0 Å². The number of nitrogens with zero attached hydrogens (tertiary/aromatic N) is 1. The Balaban J connectivity index is 2.34. The Bertz CT molecular complexity index is 443. The lowest BCUT2D eigenvalue weighted by molar-refractivity contribution is 0.900. The van der Waals surface area contributed by atoms with Gasteiger partial charge in [0.25, 0.3) is 0 Å². The lowest BCUT2D eigenvalue weighted by atomic mass is 10.1. The van der Waals surface area contributed by atoms with Crippen molar-refractivity contribution in [1.82, 2.24) is 9.97 Å². The molecule has 0 fully saturated rings. The molecule has 0 unspecified atom stereocenters. The van der Waals surface area contributed by atoms with Crippen LogP contribution in [-0.4, -0.2) is 23.1 Å². The first-order chi connectivity index (χ1) is 7.33. The SMILES string of the molecule is NCCc1ccc2nc(CCN)[nH]c2c1. The molecule has 1 heterocycles. The molecule has 0 atom stereocenters. The number of hydrogen-bond donors (Lipinski definition) is 3. The van der Waals surface area contributed by atoms with Gasteiger partial charge in [-0.3, -0.25) is 0 Å². The van der Waals surface area contributed by atoms with Gasteiger partial charge >= 0.3 is 0 Å². The molecule has 0 saturated carbocycles. The standard InChI is InChI=1S/C11H16N4/c12-5-3-8-1-2-9-10(7-8)15-11(14-9)4-6-13/h1-2,7H,3-6,12-13H2,(H,14,15). The maximum absolute atomic E-state index is 5.52. The van der Waals surface area contributed by atoms with Gasteiger partial charge in [0.2, 0.25) is 0 Å². The fourth-order valence-electron chi connectivity index (χ4n) is 1.69. The molecular weight excluding hydrogens is 188 g/mol. The predicted octanol–water partition coefficient (Wildman–Crippen LogP) is 0.565. The van der Waals surface area contributed by atoms with E-state index in [2.05, 4.69) is 22.1 Å². The van der Waals surface area contributed by atoms with E-state index in [4.69, 9.17) is 11.5 Å². The lowest BCUT2D eigenvalue weighted by Gasteiger charge is -1.96. The summed E-state index contributed by atoms with van der Waals surface area (Å²) in [4.78, 5) is 7.70. The number of benzene rings is 1. The van der Waals surface area contributed by atoms with Crippen molar-refractivity contribution in [1.29, 1.82) is 0 Å². The number of hydrogen-bond acceptors (Lipinski definition) is 3. The average Bonchev–Trinajstić information content (AvgIpc) is 2.60. The molecule has 2 aromatic rings.